The summed E-state index contributed by atoms with van der Waals surface area (Å²) in [6, 6.07) is 18.3. The van der Waals surface area contributed by atoms with E-state index in [1.54, 1.807) is 41.3 Å². The number of ether oxygens (including phenoxy) is 9. The van der Waals surface area contributed by atoms with Crippen molar-refractivity contribution in [2.24, 2.45) is 0 Å². The third kappa shape index (κ3) is 18.4. The summed E-state index contributed by atoms with van der Waals surface area (Å²) in [5, 5.41) is 32.0. The molecule has 87 heavy (non-hydrogen) atoms. The number of carbonyl (C=O) groups is 2. The Hall–Kier alpha value is -5.33. The van der Waals surface area contributed by atoms with Crippen LogP contribution < -0.4 is 138 Å². The first-order valence-corrected chi connectivity index (χ1v) is 26.1. The molecule has 5 N–H and O–H groups in total. The number of rotatable bonds is 6. The molecule has 10 rings (SSSR count). The number of halogens is 4. The molecule has 0 atom stereocenters. The van der Waals surface area contributed by atoms with Crippen LogP contribution in [0.25, 0.3) is 66.8 Å². The van der Waals surface area contributed by atoms with Crippen LogP contribution in [0.15, 0.2) is 103 Å². The number of methoxy groups -OCH3 is 1. The number of aliphatic carboxylic acids is 1. The van der Waals surface area contributed by atoms with Crippen LogP contribution in [-0.4, -0.2) is 159 Å². The summed E-state index contributed by atoms with van der Waals surface area (Å²) in [4.78, 5) is 51.3. The third-order valence-corrected chi connectivity index (χ3v) is 13.2. The van der Waals surface area contributed by atoms with Crippen LogP contribution >= 0.6 is 0 Å². The van der Waals surface area contributed by atoms with E-state index in [1.807, 2.05) is 0 Å². The number of phenols is 2. The van der Waals surface area contributed by atoms with Crippen LogP contribution in [0, 0.1) is 23.3 Å². The van der Waals surface area contributed by atoms with E-state index in [1.165, 1.54) is 12.0 Å². The summed E-state index contributed by atoms with van der Waals surface area (Å²) in [5.41, 5.74) is 1.28. The van der Waals surface area contributed by atoms with Crippen LogP contribution in [0.1, 0.15) is 0 Å². The maximum Gasteiger partial charge on any atom is 1.00 e. The number of hydrogen-bond donors (Lipinski definition) is 2. The van der Waals surface area contributed by atoms with E-state index in [0.29, 0.717) is 98.8 Å². The molecule has 0 saturated carbocycles. The van der Waals surface area contributed by atoms with Crippen molar-refractivity contribution in [1.29, 1.82) is 0 Å². The molecule has 6 aliphatic rings. The summed E-state index contributed by atoms with van der Waals surface area (Å²) >= 11 is 0. The van der Waals surface area contributed by atoms with Crippen LogP contribution in [0.3, 0.4) is 0 Å². The normalized spacial score (nSPS) is 14.8. The maximum absolute atomic E-state index is 14.6. The smallest absolute Gasteiger partial charge is 0.870 e. The van der Waals surface area contributed by atoms with Gasteiger partial charge in [0.05, 0.1) is 110 Å². The van der Waals surface area contributed by atoms with Gasteiger partial charge < -0.3 is 92.3 Å². The first-order valence-electron chi connectivity index (χ1n) is 26.1. The Morgan fingerprint density at radius 2 is 0.885 bits per heavy atom. The van der Waals surface area contributed by atoms with E-state index >= 15 is 0 Å². The number of anilines is 2. The molecule has 22 nitrogen and oxygen atoms in total. The number of nitrogens with zero attached hydrogens (tertiary/aromatic N) is 2. The second-order valence-electron chi connectivity index (χ2n) is 18.6. The van der Waals surface area contributed by atoms with Gasteiger partial charge in [-0.05, 0) is 59.7 Å². The van der Waals surface area contributed by atoms with Crippen molar-refractivity contribution < 1.29 is 208 Å². The number of hydrogen-bond acceptors (Lipinski definition) is 21. The van der Waals surface area contributed by atoms with Gasteiger partial charge in [-0.1, -0.05) is 12.1 Å². The van der Waals surface area contributed by atoms with E-state index in [2.05, 4.69) is 0 Å². The Morgan fingerprint density at radius 1 is 0.517 bits per heavy atom. The van der Waals surface area contributed by atoms with Crippen molar-refractivity contribution in [3.8, 4) is 67.9 Å². The van der Waals surface area contributed by atoms with Crippen molar-refractivity contribution in [1.82, 2.24) is 0 Å². The zero-order chi connectivity index (χ0) is 58.6. The Labute approximate surface area is 578 Å². The van der Waals surface area contributed by atoms with Crippen molar-refractivity contribution in [3.63, 3.8) is 0 Å². The number of phenolic OH excluding ortho intramolecular Hbond substituents is 2. The molecule has 4 aliphatic heterocycles. The van der Waals surface area contributed by atoms with Crippen molar-refractivity contribution in [2.45, 2.75) is 0 Å². The topological polar surface area (TPSA) is 309 Å². The van der Waals surface area contributed by atoms with Crippen molar-refractivity contribution in [2.75, 3.05) is 136 Å². The predicted octanol–water partition coefficient (Wildman–Crippen LogP) is -0.476. The average Bonchev–Trinajstić information content (AvgIpc) is 0.804. The van der Waals surface area contributed by atoms with Crippen LogP contribution in [0.2, 0.25) is 0 Å². The molecule has 0 aromatic heterocycles. The fourth-order valence-electron chi connectivity index (χ4n) is 9.32. The van der Waals surface area contributed by atoms with Crippen molar-refractivity contribution >= 4 is 45.3 Å². The van der Waals surface area contributed by atoms with Gasteiger partial charge in [-0.25, -0.2) is 17.6 Å². The van der Waals surface area contributed by atoms with E-state index < -0.39 is 64.1 Å². The largest absolute Gasteiger partial charge is 1.00 e. The van der Waals surface area contributed by atoms with Crippen LogP contribution in [-0.2, 0) is 42.7 Å². The molecule has 4 heterocycles. The molecule has 0 amide bonds. The molecule has 0 spiro atoms. The summed E-state index contributed by atoms with van der Waals surface area (Å²) < 4.78 is 120. The Kier molecular flexibility index (Phi) is 28.8. The van der Waals surface area contributed by atoms with Gasteiger partial charge in [-0.2, -0.15) is 0 Å². The van der Waals surface area contributed by atoms with E-state index in [9.17, 15) is 52.1 Å². The molecule has 0 bridgehead atoms. The minimum Gasteiger partial charge on any atom is -0.870 e. The predicted molar refractivity (Wildman–Crippen MR) is 295 cm³/mol. The van der Waals surface area contributed by atoms with Gasteiger partial charge in [0.1, 0.15) is 53.9 Å². The van der Waals surface area contributed by atoms with Crippen LogP contribution in [0.5, 0.6) is 23.0 Å². The number of carboxylic acids is 1. The van der Waals surface area contributed by atoms with Gasteiger partial charge in [-0.3, -0.25) is 14.4 Å². The van der Waals surface area contributed by atoms with E-state index in [4.69, 9.17) is 51.5 Å². The average molecular weight is 1270 g/mol. The number of carboxylic acid groups (broad SMARTS) is 1. The quantitative estimate of drug-likeness (QED) is 0.0920. The molecular formula is C59H58F4K2N2O20. The van der Waals surface area contributed by atoms with Crippen molar-refractivity contribution in [3.05, 3.63) is 129 Å². The fraction of sp³-hybridized carbons (Fsp3) is 0.322. The van der Waals surface area contributed by atoms with Gasteiger partial charge in [0.2, 0.25) is 10.9 Å². The molecule has 4 aromatic rings. The van der Waals surface area contributed by atoms with Gasteiger partial charge in [0, 0.05) is 70.4 Å². The SMILES string of the molecule is COC(=O)CN1CCOCCOCCOCCOc2cc(-c3c4cc(F)c(=O)cc-4oc4cc(O)c(F)cc34)ccc21.O.O=C([O-])CN1CCOCCOCCOCCOc2cc(-c3c4cc(F)c(=O)cc-4oc4cc(O)c(F)cc34)ccc21.[K+].[K+].[OH-]. The number of esters is 1. The number of benzene rings is 6. The minimum absolute atomic E-state index is 0. The molecule has 28 heteroatoms. The Balaban J connectivity index is 0.000000303. The van der Waals surface area contributed by atoms with Gasteiger partial charge in [0.25, 0.3) is 0 Å². The summed E-state index contributed by atoms with van der Waals surface area (Å²) in [5.74, 6) is -6.28. The minimum atomic E-state index is -1.31. The van der Waals surface area contributed by atoms with Crippen LogP contribution in [0.4, 0.5) is 28.9 Å². The molecule has 0 unspecified atom stereocenters. The summed E-state index contributed by atoms with van der Waals surface area (Å²) in [6.45, 7) is 4.06. The summed E-state index contributed by atoms with van der Waals surface area (Å²) in [6.07, 6.45) is 0. The van der Waals surface area contributed by atoms with Gasteiger partial charge in [0.15, 0.2) is 34.8 Å². The molecule has 454 valence electrons. The molecule has 4 aromatic carbocycles. The molecule has 0 radical (unpaired) electrons. The Morgan fingerprint density at radius 3 is 1.26 bits per heavy atom. The first kappa shape index (κ1) is 72.4. The molecule has 0 fully saturated rings. The number of aromatic hydroxyl groups is 2. The second kappa shape index (κ2) is 34.6. The number of fused-ring (bicyclic) bond motifs is 6. The molecular weight excluding hydrogens is 1210 g/mol. The monoisotopic (exact) mass is 1270 g/mol. The first-order chi connectivity index (χ1) is 40.2. The Bertz CT molecular complexity index is 3690. The second-order valence-corrected chi connectivity index (χ2v) is 18.6. The molecule has 0 saturated heterocycles. The summed E-state index contributed by atoms with van der Waals surface area (Å²) in [7, 11) is 1.29. The maximum atomic E-state index is 14.6. The zero-order valence-corrected chi connectivity index (χ0v) is 53.8. The van der Waals surface area contributed by atoms with E-state index in [0.717, 1.165) is 48.5 Å². The fourth-order valence-corrected chi connectivity index (χ4v) is 9.32. The standard InChI is InChI=1S/C30H29F2NO9.C29H27F2NO9.2K.2H2O/c1-37-29(36)17-33-4-5-38-6-7-39-8-9-40-10-11-41-28-12-18(2-3-23(28)33)30-19-13-21(31)24(34)15-26(19)42-27-16-25(35)22(32)14-20(27)30;30-20-12-18-25(14-23(20)33)41-26-15-24(34)21(31)13-19(26)29(18)17-1-2-22-27(11-17)40-10-9-39-8-7-38-6-5-37-4-3-32(22)16-28(35)36;;;;/h2-3,12-16,34H,4-11,17H2,1H3;1-2,11-15,33H,3-10,16H2,(H,35,36);;;2*1H2/q;;2*+1;;/p-2. The third-order valence-electron chi connectivity index (χ3n) is 13.2. The number of carbonyl (C=O) groups excluding carboxylic acids is 2. The van der Waals surface area contributed by atoms with E-state index in [-0.39, 0.29) is 217 Å². The zero-order valence-electron chi connectivity index (χ0n) is 47.6. The van der Waals surface area contributed by atoms with Gasteiger partial charge >= 0.3 is 109 Å². The van der Waals surface area contributed by atoms with Gasteiger partial charge in [-0.15, -0.1) is 0 Å². The molecule has 2 aliphatic carbocycles.